The second-order valence-corrected chi connectivity index (χ2v) is 8.14. The summed E-state index contributed by atoms with van der Waals surface area (Å²) >= 11 is 13.3. The molecule has 1 aromatic carbocycles. The molecule has 1 aliphatic rings. The molecule has 1 aliphatic carbocycles. The number of amides is 1. The minimum absolute atomic E-state index is 0.165. The Morgan fingerprint density at radius 1 is 1.31 bits per heavy atom. The molecule has 0 aliphatic heterocycles. The molecule has 26 heavy (non-hydrogen) atoms. The lowest BCUT2D eigenvalue weighted by Gasteiger charge is -2.16. The summed E-state index contributed by atoms with van der Waals surface area (Å²) in [6, 6.07) is 9.03. The van der Waals surface area contributed by atoms with E-state index in [0.717, 1.165) is 30.5 Å². The fraction of sp³-hybridized carbons (Fsp3) is 0.316. The third kappa shape index (κ3) is 4.32. The molecule has 2 aromatic rings. The number of carbonyl (C=O) groups is 1. The molecule has 1 heterocycles. The van der Waals surface area contributed by atoms with E-state index in [1.807, 2.05) is 13.0 Å². The van der Waals surface area contributed by atoms with Crippen molar-refractivity contribution in [2.45, 2.75) is 42.9 Å². The van der Waals surface area contributed by atoms with Gasteiger partial charge in [-0.15, -0.1) is 0 Å². The van der Waals surface area contributed by atoms with Crippen molar-refractivity contribution >= 4 is 46.6 Å². The van der Waals surface area contributed by atoms with Crippen LogP contribution in [0.25, 0.3) is 0 Å². The standard InChI is InChI=1S/C19H17Cl2N3OS/c1-2-17(18(25)23-15-8-13(20)7-14(21)9-15)26-19-12(10-22)6-11-4-3-5-16(11)24-19/h6-9,17H,2-5H2,1H3,(H,23,25). The van der Waals surface area contributed by atoms with Gasteiger partial charge in [-0.25, -0.2) is 4.98 Å². The van der Waals surface area contributed by atoms with Crippen molar-refractivity contribution in [1.29, 1.82) is 5.26 Å². The lowest BCUT2D eigenvalue weighted by molar-refractivity contribution is -0.115. The van der Waals surface area contributed by atoms with Crippen LogP contribution in [0.3, 0.4) is 0 Å². The minimum atomic E-state index is -0.369. The van der Waals surface area contributed by atoms with E-state index in [9.17, 15) is 10.1 Å². The van der Waals surface area contributed by atoms with Crippen LogP contribution in [0, 0.1) is 11.3 Å². The average molecular weight is 406 g/mol. The maximum absolute atomic E-state index is 12.7. The van der Waals surface area contributed by atoms with Gasteiger partial charge >= 0.3 is 0 Å². The first-order valence-electron chi connectivity index (χ1n) is 8.36. The van der Waals surface area contributed by atoms with Gasteiger partial charge in [0.05, 0.1) is 10.8 Å². The van der Waals surface area contributed by atoms with Gasteiger partial charge in [0.25, 0.3) is 0 Å². The van der Waals surface area contributed by atoms with E-state index in [4.69, 9.17) is 23.2 Å². The third-order valence-electron chi connectivity index (χ3n) is 4.18. The van der Waals surface area contributed by atoms with E-state index >= 15 is 0 Å². The fourth-order valence-corrected chi connectivity index (χ4v) is 4.45. The van der Waals surface area contributed by atoms with Crippen LogP contribution >= 0.6 is 35.0 Å². The zero-order chi connectivity index (χ0) is 18.7. The predicted molar refractivity (Wildman–Crippen MR) is 106 cm³/mol. The molecule has 7 heteroatoms. The summed E-state index contributed by atoms with van der Waals surface area (Å²) in [5.74, 6) is -0.165. The Bertz CT molecular complexity index is 875. The predicted octanol–water partition coefficient (Wildman–Crippen LogP) is 5.26. The second-order valence-electron chi connectivity index (χ2n) is 6.07. The van der Waals surface area contributed by atoms with Crippen LogP contribution in [0.2, 0.25) is 10.0 Å². The number of carbonyl (C=O) groups excluding carboxylic acids is 1. The maximum atomic E-state index is 12.7. The van der Waals surface area contributed by atoms with Crippen LogP contribution in [-0.4, -0.2) is 16.1 Å². The fourth-order valence-electron chi connectivity index (χ4n) is 2.93. The Morgan fingerprint density at radius 2 is 2.04 bits per heavy atom. The molecule has 0 radical (unpaired) electrons. The van der Waals surface area contributed by atoms with Crippen molar-refractivity contribution in [3.63, 3.8) is 0 Å². The number of hydrogen-bond donors (Lipinski definition) is 1. The Hall–Kier alpha value is -1.74. The molecule has 0 spiro atoms. The van der Waals surface area contributed by atoms with Gasteiger partial charge in [-0.1, -0.05) is 41.9 Å². The zero-order valence-electron chi connectivity index (χ0n) is 14.2. The molecule has 1 unspecified atom stereocenters. The second kappa shape index (κ2) is 8.30. The highest BCUT2D eigenvalue weighted by Crippen LogP contribution is 2.32. The molecular weight excluding hydrogens is 389 g/mol. The van der Waals surface area contributed by atoms with E-state index < -0.39 is 0 Å². The number of hydrogen-bond acceptors (Lipinski definition) is 4. The van der Waals surface area contributed by atoms with Crippen LogP contribution in [0.4, 0.5) is 5.69 Å². The van der Waals surface area contributed by atoms with Crippen LogP contribution < -0.4 is 5.32 Å². The Kier molecular flexibility index (Phi) is 6.08. The van der Waals surface area contributed by atoms with E-state index in [1.54, 1.807) is 18.2 Å². The van der Waals surface area contributed by atoms with Gasteiger partial charge in [-0.05, 0) is 55.5 Å². The average Bonchev–Trinajstić information content (AvgIpc) is 3.04. The first-order valence-corrected chi connectivity index (χ1v) is 10.00. The first-order chi connectivity index (χ1) is 12.5. The number of pyridine rings is 1. The summed E-state index contributed by atoms with van der Waals surface area (Å²) in [5.41, 5.74) is 3.28. The molecular formula is C19H17Cl2N3OS. The SMILES string of the molecule is CCC(Sc1nc2c(cc1C#N)CCC2)C(=O)Nc1cc(Cl)cc(Cl)c1. The monoisotopic (exact) mass is 405 g/mol. The van der Waals surface area contributed by atoms with Crippen molar-refractivity contribution in [2.24, 2.45) is 0 Å². The lowest BCUT2D eigenvalue weighted by atomic mass is 10.2. The largest absolute Gasteiger partial charge is 0.325 e. The molecule has 0 bridgehead atoms. The Morgan fingerprint density at radius 3 is 2.69 bits per heavy atom. The highest BCUT2D eigenvalue weighted by atomic mass is 35.5. The van der Waals surface area contributed by atoms with Crippen LogP contribution in [-0.2, 0) is 17.6 Å². The number of halogens is 2. The lowest BCUT2D eigenvalue weighted by Crippen LogP contribution is -2.25. The smallest absolute Gasteiger partial charge is 0.237 e. The number of nitrogens with one attached hydrogen (secondary N) is 1. The van der Waals surface area contributed by atoms with Crippen LogP contribution in [0.1, 0.15) is 36.6 Å². The number of fused-ring (bicyclic) bond motifs is 1. The third-order valence-corrected chi connectivity index (χ3v) is 5.99. The molecule has 1 amide bonds. The summed E-state index contributed by atoms with van der Waals surface area (Å²) in [6.45, 7) is 1.93. The summed E-state index contributed by atoms with van der Waals surface area (Å²) in [4.78, 5) is 17.3. The minimum Gasteiger partial charge on any atom is -0.325 e. The summed E-state index contributed by atoms with van der Waals surface area (Å²) in [5, 5.41) is 13.5. The molecule has 1 N–H and O–H groups in total. The van der Waals surface area contributed by atoms with Gasteiger partial charge in [-0.2, -0.15) is 5.26 Å². The normalized spacial score (nSPS) is 13.8. The highest BCUT2D eigenvalue weighted by molar-refractivity contribution is 8.00. The molecule has 134 valence electrons. The van der Waals surface area contributed by atoms with Gasteiger partial charge in [-0.3, -0.25) is 4.79 Å². The molecule has 1 aromatic heterocycles. The van der Waals surface area contributed by atoms with E-state index in [2.05, 4.69) is 16.4 Å². The maximum Gasteiger partial charge on any atom is 0.237 e. The molecule has 0 fully saturated rings. The molecule has 0 saturated heterocycles. The van der Waals surface area contributed by atoms with Crippen molar-refractivity contribution in [3.05, 3.63) is 51.1 Å². The quantitative estimate of drug-likeness (QED) is 0.688. The van der Waals surface area contributed by atoms with Gasteiger partial charge < -0.3 is 5.32 Å². The number of aromatic nitrogens is 1. The summed E-state index contributed by atoms with van der Waals surface area (Å²) in [6.07, 6.45) is 3.57. The number of thioether (sulfide) groups is 1. The summed E-state index contributed by atoms with van der Waals surface area (Å²) in [7, 11) is 0. The van der Waals surface area contributed by atoms with E-state index in [-0.39, 0.29) is 11.2 Å². The number of rotatable bonds is 5. The van der Waals surface area contributed by atoms with Gasteiger partial charge in [0.1, 0.15) is 11.1 Å². The molecule has 4 nitrogen and oxygen atoms in total. The number of benzene rings is 1. The number of anilines is 1. The van der Waals surface area contributed by atoms with Crippen molar-refractivity contribution < 1.29 is 4.79 Å². The van der Waals surface area contributed by atoms with Crippen molar-refractivity contribution in [2.75, 3.05) is 5.32 Å². The Balaban J connectivity index is 1.79. The molecule has 1 atom stereocenters. The topological polar surface area (TPSA) is 65.8 Å². The van der Waals surface area contributed by atoms with Crippen molar-refractivity contribution in [1.82, 2.24) is 4.98 Å². The number of nitriles is 1. The van der Waals surface area contributed by atoms with E-state index in [1.165, 1.54) is 11.8 Å². The molecule has 3 rings (SSSR count). The molecule has 0 saturated carbocycles. The number of aryl methyl sites for hydroxylation is 2. The van der Waals surface area contributed by atoms with Crippen LogP contribution in [0.15, 0.2) is 29.3 Å². The summed E-state index contributed by atoms with van der Waals surface area (Å²) < 4.78 is 0. The van der Waals surface area contributed by atoms with E-state index in [0.29, 0.717) is 32.7 Å². The number of nitrogens with zero attached hydrogens (tertiary/aromatic N) is 2. The zero-order valence-corrected chi connectivity index (χ0v) is 16.5. The Labute approximate surface area is 166 Å². The van der Waals surface area contributed by atoms with Crippen molar-refractivity contribution in [3.8, 4) is 6.07 Å². The van der Waals surface area contributed by atoms with Gasteiger partial charge in [0.2, 0.25) is 5.91 Å². The van der Waals surface area contributed by atoms with Gasteiger partial charge in [0, 0.05) is 21.4 Å². The van der Waals surface area contributed by atoms with Crippen LogP contribution in [0.5, 0.6) is 0 Å². The van der Waals surface area contributed by atoms with Gasteiger partial charge in [0.15, 0.2) is 0 Å². The highest BCUT2D eigenvalue weighted by Gasteiger charge is 2.23. The first kappa shape index (κ1) is 19.0.